The van der Waals surface area contributed by atoms with Crippen LogP contribution in [0.25, 0.3) is 10.7 Å². The molecule has 0 saturated carbocycles. The topological polar surface area (TPSA) is 64.1 Å². The molecule has 0 unspecified atom stereocenters. The highest BCUT2D eigenvalue weighted by Gasteiger charge is 2.19. The Labute approximate surface area is 169 Å². The van der Waals surface area contributed by atoms with E-state index in [4.69, 9.17) is 4.74 Å². The van der Waals surface area contributed by atoms with Crippen LogP contribution in [0.5, 0.6) is 5.75 Å². The zero-order chi connectivity index (χ0) is 20.1. The highest BCUT2D eigenvalue weighted by molar-refractivity contribution is 7.13. The predicted octanol–water partition coefficient (Wildman–Crippen LogP) is 4.51. The van der Waals surface area contributed by atoms with Crippen molar-refractivity contribution in [3.8, 4) is 16.5 Å². The fraction of sp³-hybridized carbons (Fsp3) is 0.318. The highest BCUT2D eigenvalue weighted by atomic mass is 32.1. The number of benzene rings is 1. The normalized spacial score (nSPS) is 11.3. The van der Waals surface area contributed by atoms with Crippen LogP contribution in [-0.2, 0) is 16.8 Å². The summed E-state index contributed by atoms with van der Waals surface area (Å²) in [6.45, 7) is 8.80. The van der Waals surface area contributed by atoms with Crippen LogP contribution >= 0.6 is 11.3 Å². The molecule has 146 valence electrons. The largest absolute Gasteiger partial charge is 0.483 e. The third kappa shape index (κ3) is 5.16. The van der Waals surface area contributed by atoms with Gasteiger partial charge in [-0.3, -0.25) is 9.78 Å². The summed E-state index contributed by atoms with van der Waals surface area (Å²) in [5.74, 6) is 0.576. The number of rotatable bonds is 6. The fourth-order valence-corrected chi connectivity index (χ4v) is 3.53. The lowest BCUT2D eigenvalue weighted by Gasteiger charge is -2.23. The molecule has 0 spiro atoms. The first kappa shape index (κ1) is 20.0. The Morgan fingerprint density at radius 1 is 1.21 bits per heavy atom. The molecule has 0 saturated heterocycles. The zero-order valence-electron chi connectivity index (χ0n) is 16.7. The third-order valence-electron chi connectivity index (χ3n) is 4.20. The van der Waals surface area contributed by atoms with Gasteiger partial charge in [0.25, 0.3) is 5.91 Å². The van der Waals surface area contributed by atoms with Crippen LogP contribution in [0.1, 0.15) is 37.6 Å². The van der Waals surface area contributed by atoms with Gasteiger partial charge in [0.1, 0.15) is 10.8 Å². The second-order valence-electron chi connectivity index (χ2n) is 7.67. The Balaban J connectivity index is 1.55. The number of carbonyl (C=O) groups excluding carboxylic acids is 1. The van der Waals surface area contributed by atoms with Crippen LogP contribution in [0.4, 0.5) is 0 Å². The average Bonchev–Trinajstić information content (AvgIpc) is 3.14. The predicted molar refractivity (Wildman–Crippen MR) is 113 cm³/mol. The molecule has 1 aromatic carbocycles. The molecule has 2 aromatic heterocycles. The van der Waals surface area contributed by atoms with Crippen molar-refractivity contribution in [3.05, 3.63) is 64.8 Å². The second kappa shape index (κ2) is 8.52. The lowest BCUT2D eigenvalue weighted by atomic mass is 9.85. The van der Waals surface area contributed by atoms with Gasteiger partial charge in [0.05, 0.1) is 17.9 Å². The smallest absolute Gasteiger partial charge is 0.258 e. The van der Waals surface area contributed by atoms with Gasteiger partial charge in [-0.1, -0.05) is 44.5 Å². The molecule has 0 aliphatic heterocycles. The number of hydrogen-bond acceptors (Lipinski definition) is 5. The van der Waals surface area contributed by atoms with Crippen molar-refractivity contribution in [1.82, 2.24) is 15.3 Å². The van der Waals surface area contributed by atoms with E-state index >= 15 is 0 Å². The van der Waals surface area contributed by atoms with Crippen molar-refractivity contribution < 1.29 is 9.53 Å². The molecule has 0 fully saturated rings. The number of aromatic nitrogens is 2. The minimum Gasteiger partial charge on any atom is -0.483 e. The van der Waals surface area contributed by atoms with E-state index in [9.17, 15) is 4.79 Å². The molecule has 0 atom stereocenters. The maximum atomic E-state index is 12.2. The summed E-state index contributed by atoms with van der Waals surface area (Å²) in [5, 5.41) is 5.64. The fourth-order valence-electron chi connectivity index (χ4n) is 2.73. The van der Waals surface area contributed by atoms with Crippen molar-refractivity contribution in [2.75, 3.05) is 6.61 Å². The summed E-state index contributed by atoms with van der Waals surface area (Å²) in [6.07, 6.45) is 1.74. The quantitative estimate of drug-likeness (QED) is 0.667. The Hall–Kier alpha value is -2.73. The number of aryl methyl sites for hydroxylation is 1. The van der Waals surface area contributed by atoms with Crippen molar-refractivity contribution in [2.24, 2.45) is 0 Å². The monoisotopic (exact) mass is 395 g/mol. The van der Waals surface area contributed by atoms with Gasteiger partial charge in [-0.05, 0) is 36.1 Å². The lowest BCUT2D eigenvalue weighted by molar-refractivity contribution is -0.123. The van der Waals surface area contributed by atoms with Gasteiger partial charge in [-0.2, -0.15) is 0 Å². The minimum atomic E-state index is -0.173. The second-order valence-corrected chi connectivity index (χ2v) is 8.53. The molecular weight excluding hydrogens is 370 g/mol. The van der Waals surface area contributed by atoms with Gasteiger partial charge >= 0.3 is 0 Å². The number of thiazole rings is 1. The summed E-state index contributed by atoms with van der Waals surface area (Å²) in [7, 11) is 0. The van der Waals surface area contributed by atoms with Gasteiger partial charge in [-0.25, -0.2) is 4.98 Å². The van der Waals surface area contributed by atoms with E-state index in [1.807, 2.05) is 35.7 Å². The van der Waals surface area contributed by atoms with E-state index in [0.717, 1.165) is 27.7 Å². The molecule has 3 aromatic rings. The SMILES string of the molecule is Cc1ccc(OCC(=O)NCc2csc(-c3ccccn3)n2)c(C(C)(C)C)c1. The minimum absolute atomic E-state index is 0.0244. The van der Waals surface area contributed by atoms with Crippen LogP contribution in [-0.4, -0.2) is 22.5 Å². The Bertz CT molecular complexity index is 946. The number of amides is 1. The lowest BCUT2D eigenvalue weighted by Crippen LogP contribution is -2.29. The van der Waals surface area contributed by atoms with Crippen LogP contribution in [0.15, 0.2) is 48.0 Å². The summed E-state index contributed by atoms with van der Waals surface area (Å²) in [6, 6.07) is 11.8. The molecule has 0 aliphatic carbocycles. The van der Waals surface area contributed by atoms with Crippen molar-refractivity contribution in [2.45, 2.75) is 39.7 Å². The standard InChI is InChI=1S/C22H25N3O2S/c1-15-8-9-19(17(11-15)22(2,3)4)27-13-20(26)24-12-16-14-28-21(25-16)18-7-5-6-10-23-18/h5-11,14H,12-13H2,1-4H3,(H,24,26). The summed E-state index contributed by atoms with van der Waals surface area (Å²) >= 11 is 1.51. The maximum absolute atomic E-state index is 12.2. The zero-order valence-corrected chi connectivity index (χ0v) is 17.5. The van der Waals surface area contributed by atoms with Crippen molar-refractivity contribution in [3.63, 3.8) is 0 Å². The van der Waals surface area contributed by atoms with Crippen LogP contribution in [0.3, 0.4) is 0 Å². The molecular formula is C22H25N3O2S. The van der Waals surface area contributed by atoms with E-state index < -0.39 is 0 Å². The van der Waals surface area contributed by atoms with Crippen LogP contribution < -0.4 is 10.1 Å². The van der Waals surface area contributed by atoms with Crippen molar-refractivity contribution >= 4 is 17.2 Å². The van der Waals surface area contributed by atoms with Gasteiger partial charge in [-0.15, -0.1) is 11.3 Å². The first-order valence-electron chi connectivity index (χ1n) is 9.19. The van der Waals surface area contributed by atoms with E-state index in [1.54, 1.807) is 6.20 Å². The molecule has 5 nitrogen and oxygen atoms in total. The van der Waals surface area contributed by atoms with Crippen molar-refractivity contribution in [1.29, 1.82) is 0 Å². The van der Waals surface area contributed by atoms with Crippen LogP contribution in [0.2, 0.25) is 0 Å². The Kier molecular flexibility index (Phi) is 6.09. The molecule has 1 N–H and O–H groups in total. The molecule has 0 aliphatic rings. The number of carbonyl (C=O) groups is 1. The van der Waals surface area contributed by atoms with E-state index in [0.29, 0.717) is 6.54 Å². The summed E-state index contributed by atoms with van der Waals surface area (Å²) in [4.78, 5) is 21.0. The van der Waals surface area contributed by atoms with Gasteiger partial charge in [0.15, 0.2) is 6.61 Å². The van der Waals surface area contributed by atoms with E-state index in [2.05, 4.69) is 49.0 Å². The molecule has 3 rings (SSSR count). The number of nitrogens with zero attached hydrogens (tertiary/aromatic N) is 2. The van der Waals surface area contributed by atoms with E-state index in [-0.39, 0.29) is 17.9 Å². The average molecular weight is 396 g/mol. The number of pyridine rings is 1. The molecule has 2 heterocycles. The Morgan fingerprint density at radius 2 is 2.04 bits per heavy atom. The first-order chi connectivity index (χ1) is 13.3. The summed E-state index contributed by atoms with van der Waals surface area (Å²) in [5.41, 5.74) is 3.86. The van der Waals surface area contributed by atoms with Gasteiger partial charge in [0.2, 0.25) is 0 Å². The molecule has 1 amide bonds. The van der Waals surface area contributed by atoms with Gasteiger partial charge in [0, 0.05) is 11.6 Å². The maximum Gasteiger partial charge on any atom is 0.258 e. The molecule has 0 bridgehead atoms. The number of hydrogen-bond donors (Lipinski definition) is 1. The van der Waals surface area contributed by atoms with Gasteiger partial charge < -0.3 is 10.1 Å². The Morgan fingerprint density at radius 3 is 2.75 bits per heavy atom. The number of nitrogens with one attached hydrogen (secondary N) is 1. The van der Waals surface area contributed by atoms with Crippen LogP contribution in [0, 0.1) is 6.92 Å². The molecule has 6 heteroatoms. The first-order valence-corrected chi connectivity index (χ1v) is 10.1. The summed E-state index contributed by atoms with van der Waals surface area (Å²) < 4.78 is 5.80. The molecule has 28 heavy (non-hydrogen) atoms. The molecule has 0 radical (unpaired) electrons. The number of ether oxygens (including phenoxy) is 1. The van der Waals surface area contributed by atoms with E-state index in [1.165, 1.54) is 16.9 Å². The third-order valence-corrected chi connectivity index (χ3v) is 5.12. The highest BCUT2D eigenvalue weighted by Crippen LogP contribution is 2.32.